The molecule has 25 heavy (non-hydrogen) atoms. The molecule has 0 bridgehead atoms. The molecule has 0 aliphatic heterocycles. The number of nitrogens with zero attached hydrogens (tertiary/aromatic N) is 2. The van der Waals surface area contributed by atoms with Crippen LogP contribution in [0.25, 0.3) is 11.5 Å². The Morgan fingerprint density at radius 2 is 1.92 bits per heavy atom. The first kappa shape index (κ1) is 16.7. The molecule has 0 fully saturated rings. The summed E-state index contributed by atoms with van der Waals surface area (Å²) in [4.78, 5) is 12.2. The second-order valence-corrected chi connectivity index (χ2v) is 5.88. The molecule has 0 saturated heterocycles. The molecule has 0 aliphatic carbocycles. The molecule has 0 unspecified atom stereocenters. The SMILES string of the molecule is Cc1ccc(C)c(OCC(=O)Nc2cc(-c3nnco3)ccc2C)c1. The van der Waals surface area contributed by atoms with E-state index in [2.05, 4.69) is 15.5 Å². The number of amides is 1. The summed E-state index contributed by atoms with van der Waals surface area (Å²) in [5, 5.41) is 10.4. The van der Waals surface area contributed by atoms with Crippen molar-refractivity contribution in [2.24, 2.45) is 0 Å². The first-order valence-corrected chi connectivity index (χ1v) is 7.90. The van der Waals surface area contributed by atoms with Gasteiger partial charge < -0.3 is 14.5 Å². The molecule has 1 N–H and O–H groups in total. The van der Waals surface area contributed by atoms with Crippen molar-refractivity contribution >= 4 is 11.6 Å². The fourth-order valence-corrected chi connectivity index (χ4v) is 2.38. The van der Waals surface area contributed by atoms with Gasteiger partial charge in [-0.2, -0.15) is 0 Å². The highest BCUT2D eigenvalue weighted by atomic mass is 16.5. The number of hydrogen-bond acceptors (Lipinski definition) is 5. The van der Waals surface area contributed by atoms with E-state index in [-0.39, 0.29) is 12.5 Å². The van der Waals surface area contributed by atoms with Crippen LogP contribution in [0.3, 0.4) is 0 Å². The van der Waals surface area contributed by atoms with E-state index in [4.69, 9.17) is 9.15 Å². The molecule has 0 saturated carbocycles. The Kier molecular flexibility index (Phi) is 4.79. The van der Waals surface area contributed by atoms with E-state index >= 15 is 0 Å². The molecular formula is C19H19N3O3. The number of anilines is 1. The lowest BCUT2D eigenvalue weighted by atomic mass is 10.1. The van der Waals surface area contributed by atoms with Crippen molar-refractivity contribution in [2.75, 3.05) is 11.9 Å². The van der Waals surface area contributed by atoms with Gasteiger partial charge in [-0.15, -0.1) is 10.2 Å². The predicted octanol–water partition coefficient (Wildman–Crippen LogP) is 3.68. The molecular weight excluding hydrogens is 318 g/mol. The van der Waals surface area contributed by atoms with Crippen LogP contribution in [0, 0.1) is 20.8 Å². The molecule has 1 amide bonds. The van der Waals surface area contributed by atoms with Crippen LogP contribution in [0.5, 0.6) is 5.75 Å². The lowest BCUT2D eigenvalue weighted by Crippen LogP contribution is -2.21. The molecule has 3 aromatic rings. The molecule has 0 atom stereocenters. The number of hydrogen-bond donors (Lipinski definition) is 1. The topological polar surface area (TPSA) is 77.2 Å². The van der Waals surface area contributed by atoms with Crippen molar-refractivity contribution in [3.05, 3.63) is 59.5 Å². The van der Waals surface area contributed by atoms with Crippen LogP contribution in [-0.4, -0.2) is 22.7 Å². The zero-order valence-corrected chi connectivity index (χ0v) is 14.4. The highest BCUT2D eigenvalue weighted by molar-refractivity contribution is 5.93. The molecule has 0 aliphatic rings. The highest BCUT2D eigenvalue weighted by Crippen LogP contribution is 2.24. The normalized spacial score (nSPS) is 10.5. The Bertz CT molecular complexity index is 889. The number of carbonyl (C=O) groups excluding carboxylic acids is 1. The number of rotatable bonds is 5. The van der Waals surface area contributed by atoms with Crippen molar-refractivity contribution in [1.29, 1.82) is 0 Å². The Hall–Kier alpha value is -3.15. The Morgan fingerprint density at radius 3 is 2.68 bits per heavy atom. The standard InChI is InChI=1S/C19H19N3O3/c1-12-4-5-14(3)17(8-12)24-10-18(23)21-16-9-15(7-6-13(16)2)19-22-20-11-25-19/h4-9,11H,10H2,1-3H3,(H,21,23). The maximum absolute atomic E-state index is 12.2. The number of aryl methyl sites for hydroxylation is 3. The number of aromatic nitrogens is 2. The van der Waals surface area contributed by atoms with E-state index in [0.29, 0.717) is 17.3 Å². The molecule has 0 radical (unpaired) electrons. The number of ether oxygens (including phenoxy) is 1. The van der Waals surface area contributed by atoms with E-state index in [1.807, 2.05) is 51.1 Å². The summed E-state index contributed by atoms with van der Waals surface area (Å²) in [6.45, 7) is 5.79. The molecule has 1 heterocycles. The summed E-state index contributed by atoms with van der Waals surface area (Å²) in [5.74, 6) is 0.889. The first-order chi connectivity index (χ1) is 12.0. The summed E-state index contributed by atoms with van der Waals surface area (Å²) in [6.07, 6.45) is 1.27. The number of benzene rings is 2. The van der Waals surface area contributed by atoms with Crippen LogP contribution in [0.15, 0.2) is 47.2 Å². The number of carbonyl (C=O) groups is 1. The van der Waals surface area contributed by atoms with E-state index in [1.165, 1.54) is 6.39 Å². The third-order valence-corrected chi connectivity index (χ3v) is 3.82. The third kappa shape index (κ3) is 4.03. The molecule has 1 aromatic heterocycles. The minimum absolute atomic E-state index is 0.0610. The van der Waals surface area contributed by atoms with Crippen LogP contribution >= 0.6 is 0 Å². The van der Waals surface area contributed by atoms with Crippen molar-refractivity contribution in [2.45, 2.75) is 20.8 Å². The van der Waals surface area contributed by atoms with Gasteiger partial charge in [0.05, 0.1) is 0 Å². The second-order valence-electron chi connectivity index (χ2n) is 5.88. The van der Waals surface area contributed by atoms with Crippen LogP contribution in [0.1, 0.15) is 16.7 Å². The largest absolute Gasteiger partial charge is 0.483 e. The van der Waals surface area contributed by atoms with Gasteiger partial charge in [0.25, 0.3) is 5.91 Å². The van der Waals surface area contributed by atoms with Gasteiger partial charge in [0.1, 0.15) is 5.75 Å². The van der Waals surface area contributed by atoms with Crippen molar-refractivity contribution in [3.63, 3.8) is 0 Å². The lowest BCUT2D eigenvalue weighted by Gasteiger charge is -2.12. The van der Waals surface area contributed by atoms with Crippen LogP contribution < -0.4 is 10.1 Å². The maximum Gasteiger partial charge on any atom is 0.262 e. The third-order valence-electron chi connectivity index (χ3n) is 3.82. The highest BCUT2D eigenvalue weighted by Gasteiger charge is 2.10. The smallest absolute Gasteiger partial charge is 0.262 e. The van der Waals surface area contributed by atoms with Gasteiger partial charge in [0.15, 0.2) is 6.61 Å². The van der Waals surface area contributed by atoms with Crippen molar-refractivity contribution < 1.29 is 13.9 Å². The van der Waals surface area contributed by atoms with Crippen molar-refractivity contribution in [3.8, 4) is 17.2 Å². The quantitative estimate of drug-likeness (QED) is 0.768. The van der Waals surface area contributed by atoms with Gasteiger partial charge in [-0.25, -0.2) is 0 Å². The molecule has 0 spiro atoms. The fraction of sp³-hybridized carbons (Fsp3) is 0.211. The predicted molar refractivity (Wildman–Crippen MR) is 94.5 cm³/mol. The minimum Gasteiger partial charge on any atom is -0.483 e. The molecule has 2 aromatic carbocycles. The summed E-state index contributed by atoms with van der Waals surface area (Å²) in [7, 11) is 0. The Morgan fingerprint density at radius 1 is 1.12 bits per heavy atom. The molecule has 128 valence electrons. The fourth-order valence-electron chi connectivity index (χ4n) is 2.38. The number of nitrogens with one attached hydrogen (secondary N) is 1. The van der Waals surface area contributed by atoms with Crippen LogP contribution in [0.4, 0.5) is 5.69 Å². The molecule has 6 heteroatoms. The summed E-state index contributed by atoms with van der Waals surface area (Å²) in [6, 6.07) is 11.5. The van der Waals surface area contributed by atoms with E-state index in [0.717, 1.165) is 22.3 Å². The van der Waals surface area contributed by atoms with Crippen LogP contribution in [-0.2, 0) is 4.79 Å². The lowest BCUT2D eigenvalue weighted by molar-refractivity contribution is -0.118. The van der Waals surface area contributed by atoms with Crippen molar-refractivity contribution in [1.82, 2.24) is 10.2 Å². The first-order valence-electron chi connectivity index (χ1n) is 7.90. The average Bonchev–Trinajstić information content (AvgIpc) is 3.12. The van der Waals surface area contributed by atoms with Gasteiger partial charge in [0.2, 0.25) is 12.3 Å². The maximum atomic E-state index is 12.2. The molecule has 6 nitrogen and oxygen atoms in total. The zero-order chi connectivity index (χ0) is 17.8. The summed E-state index contributed by atoms with van der Waals surface area (Å²) >= 11 is 0. The van der Waals surface area contributed by atoms with E-state index in [1.54, 1.807) is 6.07 Å². The van der Waals surface area contributed by atoms with E-state index < -0.39 is 0 Å². The second kappa shape index (κ2) is 7.17. The Labute approximate surface area is 145 Å². The van der Waals surface area contributed by atoms with Gasteiger partial charge in [-0.3, -0.25) is 4.79 Å². The van der Waals surface area contributed by atoms with Gasteiger partial charge >= 0.3 is 0 Å². The summed E-state index contributed by atoms with van der Waals surface area (Å²) < 4.78 is 10.8. The van der Waals surface area contributed by atoms with Gasteiger partial charge in [0, 0.05) is 11.3 Å². The summed E-state index contributed by atoms with van der Waals surface area (Å²) in [5.41, 5.74) is 4.44. The van der Waals surface area contributed by atoms with Gasteiger partial charge in [-0.05, 0) is 55.7 Å². The Balaban J connectivity index is 1.68. The van der Waals surface area contributed by atoms with E-state index in [9.17, 15) is 4.79 Å². The monoisotopic (exact) mass is 337 g/mol. The molecule has 3 rings (SSSR count). The minimum atomic E-state index is -0.230. The average molecular weight is 337 g/mol. The zero-order valence-electron chi connectivity index (χ0n) is 14.4. The van der Waals surface area contributed by atoms with Gasteiger partial charge in [-0.1, -0.05) is 18.2 Å². The van der Waals surface area contributed by atoms with Crippen LogP contribution in [0.2, 0.25) is 0 Å².